The van der Waals surface area contributed by atoms with Gasteiger partial charge in [0.05, 0.1) is 0 Å². The summed E-state index contributed by atoms with van der Waals surface area (Å²) in [4.78, 5) is 29.7. The molecule has 2 heterocycles. The molecule has 6 nitrogen and oxygen atoms in total. The number of piperazine rings is 1. The van der Waals surface area contributed by atoms with Crippen molar-refractivity contribution >= 4 is 17.5 Å². The molecular weight excluding hydrogens is 352 g/mol. The van der Waals surface area contributed by atoms with E-state index in [1.165, 1.54) is 21.8 Å². The van der Waals surface area contributed by atoms with Crippen molar-refractivity contribution in [3.8, 4) is 0 Å². The van der Waals surface area contributed by atoms with Crippen LogP contribution in [0.2, 0.25) is 0 Å². The molecule has 2 amide bonds. The molecule has 0 aromatic heterocycles. The topological polar surface area (TPSA) is 58.3 Å². The molecule has 1 aromatic carbocycles. The fraction of sp³-hybridized carbons (Fsp3) is 0.636. The minimum atomic E-state index is 0.0746. The van der Waals surface area contributed by atoms with Crippen LogP contribution < -0.4 is 15.1 Å². The summed E-state index contributed by atoms with van der Waals surface area (Å²) in [5.74, 6) is 1.01. The van der Waals surface area contributed by atoms with Gasteiger partial charge in [-0.1, -0.05) is 19.1 Å². The Bertz CT molecular complexity index is 698. The van der Waals surface area contributed by atoms with Gasteiger partial charge in [-0.3, -0.25) is 9.59 Å². The molecule has 3 rings (SSSR count). The lowest BCUT2D eigenvalue weighted by Gasteiger charge is -2.33. The van der Waals surface area contributed by atoms with E-state index in [0.717, 1.165) is 56.9 Å². The molecular formula is C22H36N4O2+2. The second-order valence-electron chi connectivity index (χ2n) is 8.74. The Labute approximate surface area is 168 Å². The fourth-order valence-corrected chi connectivity index (χ4v) is 4.36. The van der Waals surface area contributed by atoms with Gasteiger partial charge in [0.2, 0.25) is 0 Å². The highest BCUT2D eigenvalue weighted by Gasteiger charge is 2.29. The normalized spacial score (nSPS) is 25.4. The average Bonchev–Trinajstić information content (AvgIpc) is 2.67. The molecule has 0 saturated carbocycles. The molecule has 28 heavy (non-hydrogen) atoms. The van der Waals surface area contributed by atoms with Crippen molar-refractivity contribution in [2.24, 2.45) is 5.92 Å². The average molecular weight is 389 g/mol. The molecule has 6 heteroatoms. The number of carbonyl (C=O) groups is 2. The monoisotopic (exact) mass is 388 g/mol. The van der Waals surface area contributed by atoms with Crippen molar-refractivity contribution in [2.75, 3.05) is 57.7 Å². The zero-order chi connectivity index (χ0) is 20.1. The first-order valence-electron chi connectivity index (χ1n) is 10.7. The van der Waals surface area contributed by atoms with Crippen LogP contribution in [0.15, 0.2) is 18.2 Å². The van der Waals surface area contributed by atoms with Crippen LogP contribution in [0.25, 0.3) is 0 Å². The lowest BCUT2D eigenvalue weighted by Crippen LogP contribution is -3.28. The van der Waals surface area contributed by atoms with Gasteiger partial charge in [0.15, 0.2) is 13.1 Å². The number of piperidine rings is 1. The zero-order valence-electron chi connectivity index (χ0n) is 17.6. The van der Waals surface area contributed by atoms with Crippen molar-refractivity contribution in [3.63, 3.8) is 0 Å². The first kappa shape index (κ1) is 20.8. The molecule has 2 aliphatic heterocycles. The summed E-state index contributed by atoms with van der Waals surface area (Å²) >= 11 is 0. The number of rotatable bonds is 5. The first-order chi connectivity index (χ1) is 13.4. The van der Waals surface area contributed by atoms with Gasteiger partial charge in [0.25, 0.3) is 11.8 Å². The number of hydrogen-bond acceptors (Lipinski definition) is 2. The number of aryl methyl sites for hydroxylation is 1. The van der Waals surface area contributed by atoms with E-state index >= 15 is 0 Å². The minimum Gasteiger partial charge on any atom is -0.338 e. The number of amides is 2. The Morgan fingerprint density at radius 1 is 1.11 bits per heavy atom. The maximum atomic E-state index is 12.6. The van der Waals surface area contributed by atoms with Gasteiger partial charge in [-0.05, 0) is 49.8 Å². The molecule has 2 fully saturated rings. The van der Waals surface area contributed by atoms with Crippen LogP contribution in [0.5, 0.6) is 0 Å². The summed E-state index contributed by atoms with van der Waals surface area (Å²) in [6, 6.07) is 6.00. The van der Waals surface area contributed by atoms with Gasteiger partial charge in [-0.2, -0.15) is 0 Å². The van der Waals surface area contributed by atoms with Crippen LogP contribution in [0.4, 0.5) is 5.69 Å². The standard InChI is InChI=1S/C22H34N4O2/c1-17-6-5-9-26(14-17)22(28)16-25-12-10-24(11-13-25)15-21(27)23-20-8-4-7-18(2)19(20)3/h4,7-8,17H,5-6,9-16H2,1-3H3,(H,23,27)/p+2/t17-/m1/s1. The maximum Gasteiger partial charge on any atom is 0.279 e. The lowest BCUT2D eigenvalue weighted by atomic mass is 10.0. The summed E-state index contributed by atoms with van der Waals surface area (Å²) < 4.78 is 0. The summed E-state index contributed by atoms with van der Waals surface area (Å²) in [6.07, 6.45) is 2.37. The van der Waals surface area contributed by atoms with Crippen molar-refractivity contribution < 1.29 is 19.4 Å². The van der Waals surface area contributed by atoms with Crippen molar-refractivity contribution in [2.45, 2.75) is 33.6 Å². The number of nitrogens with zero attached hydrogens (tertiary/aromatic N) is 1. The van der Waals surface area contributed by atoms with Crippen molar-refractivity contribution in [3.05, 3.63) is 29.3 Å². The fourth-order valence-electron chi connectivity index (χ4n) is 4.36. The molecule has 3 N–H and O–H groups in total. The molecule has 0 radical (unpaired) electrons. The third kappa shape index (κ3) is 5.55. The van der Waals surface area contributed by atoms with Gasteiger partial charge in [-0.15, -0.1) is 0 Å². The molecule has 2 saturated heterocycles. The van der Waals surface area contributed by atoms with Crippen molar-refractivity contribution in [1.29, 1.82) is 0 Å². The lowest BCUT2D eigenvalue weighted by molar-refractivity contribution is -1.00. The molecule has 0 spiro atoms. The smallest absolute Gasteiger partial charge is 0.279 e. The van der Waals surface area contributed by atoms with E-state index in [-0.39, 0.29) is 5.91 Å². The molecule has 154 valence electrons. The van der Waals surface area contributed by atoms with Gasteiger partial charge >= 0.3 is 0 Å². The van der Waals surface area contributed by atoms with Crippen LogP contribution in [0.3, 0.4) is 0 Å². The molecule has 1 aromatic rings. The Kier molecular flexibility index (Phi) is 7.08. The molecule has 0 bridgehead atoms. The van der Waals surface area contributed by atoms with Crippen LogP contribution in [0.1, 0.15) is 30.9 Å². The highest BCUT2D eigenvalue weighted by Crippen LogP contribution is 2.17. The SMILES string of the molecule is Cc1cccc(NC(=O)C[NH+]2CC[NH+](CC(=O)N3CCC[C@@H](C)C3)CC2)c1C. The van der Waals surface area contributed by atoms with E-state index in [4.69, 9.17) is 0 Å². The second-order valence-corrected chi connectivity index (χ2v) is 8.74. The largest absolute Gasteiger partial charge is 0.338 e. The predicted molar refractivity (Wildman–Crippen MR) is 111 cm³/mol. The number of likely N-dealkylation sites (tertiary alicyclic amines) is 1. The van der Waals surface area contributed by atoms with Gasteiger partial charge in [0, 0.05) is 18.8 Å². The number of benzene rings is 1. The highest BCUT2D eigenvalue weighted by atomic mass is 16.2. The maximum absolute atomic E-state index is 12.6. The zero-order valence-corrected chi connectivity index (χ0v) is 17.6. The minimum absolute atomic E-state index is 0.0746. The summed E-state index contributed by atoms with van der Waals surface area (Å²) in [5, 5.41) is 3.06. The quantitative estimate of drug-likeness (QED) is 0.624. The number of quaternary nitrogens is 2. The Hall–Kier alpha value is -1.92. The summed E-state index contributed by atoms with van der Waals surface area (Å²) in [6.45, 7) is 13.1. The summed E-state index contributed by atoms with van der Waals surface area (Å²) in [7, 11) is 0. The number of hydrogen-bond donors (Lipinski definition) is 3. The van der Waals surface area contributed by atoms with E-state index in [1.54, 1.807) is 0 Å². The summed E-state index contributed by atoms with van der Waals surface area (Å²) in [5.41, 5.74) is 3.23. The van der Waals surface area contributed by atoms with Crippen LogP contribution >= 0.6 is 0 Å². The molecule has 0 unspecified atom stereocenters. The van der Waals surface area contributed by atoms with Crippen molar-refractivity contribution in [1.82, 2.24) is 4.90 Å². The van der Waals surface area contributed by atoms with Crippen LogP contribution in [-0.4, -0.2) is 69.1 Å². The molecule has 1 atom stereocenters. The van der Waals surface area contributed by atoms with Crippen LogP contribution in [-0.2, 0) is 9.59 Å². The van der Waals surface area contributed by atoms with Gasteiger partial charge < -0.3 is 20.0 Å². The number of anilines is 1. The van der Waals surface area contributed by atoms with E-state index < -0.39 is 0 Å². The Morgan fingerprint density at radius 3 is 2.46 bits per heavy atom. The van der Waals surface area contributed by atoms with E-state index in [2.05, 4.69) is 30.1 Å². The van der Waals surface area contributed by atoms with Gasteiger partial charge in [0.1, 0.15) is 26.2 Å². The van der Waals surface area contributed by atoms with Gasteiger partial charge in [-0.25, -0.2) is 0 Å². The van der Waals surface area contributed by atoms with E-state index in [0.29, 0.717) is 24.9 Å². The van der Waals surface area contributed by atoms with E-state index in [9.17, 15) is 9.59 Å². The molecule has 2 aliphatic rings. The first-order valence-corrected chi connectivity index (χ1v) is 10.7. The highest BCUT2D eigenvalue weighted by molar-refractivity contribution is 5.92. The second kappa shape index (κ2) is 9.52. The predicted octanol–water partition coefficient (Wildman–Crippen LogP) is -0.716. The third-order valence-electron chi connectivity index (χ3n) is 6.36. The third-order valence-corrected chi connectivity index (χ3v) is 6.36. The number of carbonyl (C=O) groups excluding carboxylic acids is 2. The van der Waals surface area contributed by atoms with E-state index in [1.807, 2.05) is 19.1 Å². The molecule has 0 aliphatic carbocycles. The number of nitrogens with one attached hydrogen (secondary N) is 3. The Morgan fingerprint density at radius 2 is 1.79 bits per heavy atom. The Balaban J connectivity index is 1.40. The van der Waals surface area contributed by atoms with Crippen LogP contribution in [0, 0.1) is 19.8 Å².